The Labute approximate surface area is 160 Å². The Balaban J connectivity index is 1.73. The van der Waals surface area contributed by atoms with Crippen molar-refractivity contribution in [1.82, 2.24) is 9.88 Å². The first kappa shape index (κ1) is 18.5. The minimum Gasteiger partial charge on any atom is -0.343 e. The van der Waals surface area contributed by atoms with Crippen LogP contribution in [-0.4, -0.2) is 21.6 Å². The van der Waals surface area contributed by atoms with Crippen molar-refractivity contribution in [3.05, 3.63) is 71.4 Å². The van der Waals surface area contributed by atoms with Crippen molar-refractivity contribution in [2.24, 2.45) is 0 Å². The molecule has 1 N–H and O–H groups in total. The Hall–Kier alpha value is -2.87. The average Bonchev–Trinajstić information content (AvgIpc) is 3.15. The highest BCUT2D eigenvalue weighted by atomic mass is 32.2. The summed E-state index contributed by atoms with van der Waals surface area (Å²) in [4.78, 5) is 24.0. The molecule has 0 spiro atoms. The fraction of sp³-hybridized carbons (Fsp3) is 0.150. The number of hydrogen-bond donors (Lipinski definition) is 1. The number of halogens is 3. The van der Waals surface area contributed by atoms with Crippen LogP contribution in [0.2, 0.25) is 0 Å². The third kappa shape index (κ3) is 3.13. The van der Waals surface area contributed by atoms with E-state index in [1.54, 1.807) is 24.4 Å². The topological polar surface area (TPSA) is 51.1 Å². The van der Waals surface area contributed by atoms with E-state index in [1.165, 1.54) is 6.07 Å². The van der Waals surface area contributed by atoms with E-state index in [4.69, 9.17) is 0 Å². The Morgan fingerprint density at radius 3 is 2.54 bits per heavy atom. The number of aromatic nitrogens is 1. The summed E-state index contributed by atoms with van der Waals surface area (Å²) in [5.41, 5.74) is 1.30. The zero-order valence-corrected chi connectivity index (χ0v) is 15.3. The van der Waals surface area contributed by atoms with Crippen LogP contribution in [0.25, 0.3) is 10.9 Å². The van der Waals surface area contributed by atoms with Gasteiger partial charge in [-0.25, -0.2) is 0 Å². The van der Waals surface area contributed by atoms with Gasteiger partial charge < -0.3 is 4.57 Å². The molecule has 1 aromatic heterocycles. The number of carbonyl (C=O) groups excluding carboxylic acids is 2. The molecule has 4 nitrogen and oxygen atoms in total. The standard InChI is InChI=1S/C20H15F3N2O2S/c1-28-17(18(26)24-19(28)27)15-6-3-7-16-14(15)8-9-25(16)11-12-4-2-5-13(10-12)20(21,22)23/h2-10,17H,1,11H2,(H,24,26,27). The van der Waals surface area contributed by atoms with Gasteiger partial charge in [0, 0.05) is 23.6 Å². The summed E-state index contributed by atoms with van der Waals surface area (Å²) in [6.45, 7) is 0.253. The van der Waals surface area contributed by atoms with Gasteiger partial charge in [0.25, 0.3) is 5.24 Å². The quantitative estimate of drug-likeness (QED) is 0.644. The van der Waals surface area contributed by atoms with Crippen LogP contribution < -0.4 is 5.32 Å². The molecule has 2 amide bonds. The maximum absolute atomic E-state index is 13.0. The predicted octanol–water partition coefficient (Wildman–Crippen LogP) is 4.70. The summed E-state index contributed by atoms with van der Waals surface area (Å²) >= 11 is 0. The molecule has 0 radical (unpaired) electrons. The smallest absolute Gasteiger partial charge is 0.343 e. The molecule has 3 aromatic rings. The minimum absolute atomic E-state index is 0.253. The van der Waals surface area contributed by atoms with Gasteiger partial charge in [-0.15, -0.1) is 0 Å². The van der Waals surface area contributed by atoms with Gasteiger partial charge in [0.15, 0.2) is 0 Å². The molecule has 4 rings (SSSR count). The van der Waals surface area contributed by atoms with Crippen molar-refractivity contribution >= 4 is 38.4 Å². The van der Waals surface area contributed by atoms with Gasteiger partial charge in [-0.1, -0.05) is 40.6 Å². The highest BCUT2D eigenvalue weighted by Gasteiger charge is 2.36. The Morgan fingerprint density at radius 1 is 1.11 bits per heavy atom. The molecule has 2 aromatic carbocycles. The summed E-state index contributed by atoms with van der Waals surface area (Å²) in [5.74, 6) is 3.45. The molecule has 1 aliphatic heterocycles. The molecular formula is C20H15F3N2O2S. The van der Waals surface area contributed by atoms with Gasteiger partial charge in [-0.3, -0.25) is 14.9 Å². The van der Waals surface area contributed by atoms with Crippen LogP contribution >= 0.6 is 10.5 Å². The maximum Gasteiger partial charge on any atom is 0.416 e. The molecule has 0 saturated carbocycles. The van der Waals surface area contributed by atoms with E-state index in [1.807, 2.05) is 16.7 Å². The molecule has 144 valence electrons. The largest absolute Gasteiger partial charge is 0.416 e. The van der Waals surface area contributed by atoms with Gasteiger partial charge in [0.2, 0.25) is 5.91 Å². The molecule has 2 atom stereocenters. The number of nitrogens with zero attached hydrogens (tertiary/aromatic N) is 1. The molecule has 1 fully saturated rings. The molecule has 8 heteroatoms. The van der Waals surface area contributed by atoms with Crippen LogP contribution in [0.5, 0.6) is 0 Å². The third-order valence-electron chi connectivity index (χ3n) is 4.72. The van der Waals surface area contributed by atoms with Crippen molar-refractivity contribution < 1.29 is 22.8 Å². The summed E-state index contributed by atoms with van der Waals surface area (Å²) in [7, 11) is -1.02. The van der Waals surface area contributed by atoms with Gasteiger partial charge in [0.1, 0.15) is 5.25 Å². The van der Waals surface area contributed by atoms with Gasteiger partial charge in [0.05, 0.1) is 5.56 Å². The van der Waals surface area contributed by atoms with E-state index < -0.39 is 27.5 Å². The zero-order valence-electron chi connectivity index (χ0n) is 14.5. The molecule has 1 saturated heterocycles. The Bertz CT molecular complexity index is 1130. The lowest BCUT2D eigenvalue weighted by atomic mass is 10.1. The summed E-state index contributed by atoms with van der Waals surface area (Å²) < 4.78 is 40.7. The molecule has 0 bridgehead atoms. The maximum atomic E-state index is 13.0. The second-order valence-corrected chi connectivity index (χ2v) is 8.21. The summed E-state index contributed by atoms with van der Waals surface area (Å²) in [6.07, 6.45) is -2.63. The zero-order chi connectivity index (χ0) is 20.1. The number of carbonyl (C=O) groups is 2. The number of alkyl halides is 3. The van der Waals surface area contributed by atoms with Crippen molar-refractivity contribution in [1.29, 1.82) is 0 Å². The van der Waals surface area contributed by atoms with Crippen LogP contribution in [0.3, 0.4) is 0 Å². The number of imide groups is 1. The van der Waals surface area contributed by atoms with E-state index in [0.29, 0.717) is 11.1 Å². The summed E-state index contributed by atoms with van der Waals surface area (Å²) in [5, 5.41) is 2.06. The first-order chi connectivity index (χ1) is 13.3. The molecule has 1 aliphatic rings. The number of amides is 2. The number of hydrogen-bond acceptors (Lipinski definition) is 2. The van der Waals surface area contributed by atoms with Crippen LogP contribution in [-0.2, 0) is 17.5 Å². The van der Waals surface area contributed by atoms with E-state index in [9.17, 15) is 22.8 Å². The number of rotatable bonds is 3. The Kier molecular flexibility index (Phi) is 4.38. The van der Waals surface area contributed by atoms with Crippen molar-refractivity contribution in [3.8, 4) is 0 Å². The molecule has 0 aliphatic carbocycles. The van der Waals surface area contributed by atoms with Crippen LogP contribution in [0.15, 0.2) is 54.7 Å². The van der Waals surface area contributed by atoms with Gasteiger partial charge >= 0.3 is 6.18 Å². The average molecular weight is 404 g/mol. The Morgan fingerprint density at radius 2 is 1.86 bits per heavy atom. The molecular weight excluding hydrogens is 389 g/mol. The lowest BCUT2D eigenvalue weighted by molar-refractivity contribution is -0.137. The highest BCUT2D eigenvalue weighted by Crippen LogP contribution is 2.42. The van der Waals surface area contributed by atoms with E-state index in [0.717, 1.165) is 23.0 Å². The lowest BCUT2D eigenvalue weighted by Gasteiger charge is -2.12. The molecule has 2 unspecified atom stereocenters. The summed E-state index contributed by atoms with van der Waals surface area (Å²) in [6, 6.07) is 12.4. The van der Waals surface area contributed by atoms with E-state index in [2.05, 4.69) is 11.2 Å². The monoisotopic (exact) mass is 404 g/mol. The van der Waals surface area contributed by atoms with Crippen LogP contribution in [0.1, 0.15) is 21.9 Å². The van der Waals surface area contributed by atoms with Crippen LogP contribution in [0.4, 0.5) is 18.0 Å². The van der Waals surface area contributed by atoms with E-state index in [-0.39, 0.29) is 17.7 Å². The fourth-order valence-corrected chi connectivity index (χ4v) is 4.69. The van der Waals surface area contributed by atoms with Crippen molar-refractivity contribution in [3.63, 3.8) is 0 Å². The van der Waals surface area contributed by atoms with Crippen molar-refractivity contribution in [2.75, 3.05) is 0 Å². The first-order valence-corrected chi connectivity index (χ1v) is 9.83. The molecule has 2 heterocycles. The van der Waals surface area contributed by atoms with Gasteiger partial charge in [-0.05, 0) is 35.4 Å². The highest BCUT2D eigenvalue weighted by molar-refractivity contribution is 8.28. The lowest BCUT2D eigenvalue weighted by Crippen LogP contribution is -2.20. The number of nitrogens with one attached hydrogen (secondary N) is 1. The van der Waals surface area contributed by atoms with Crippen molar-refractivity contribution in [2.45, 2.75) is 18.0 Å². The number of benzene rings is 2. The third-order valence-corrected chi connectivity index (χ3v) is 6.34. The fourth-order valence-electron chi connectivity index (χ4n) is 3.42. The second kappa shape index (κ2) is 6.63. The first-order valence-electron chi connectivity index (χ1n) is 8.37. The predicted molar refractivity (Wildman–Crippen MR) is 103 cm³/mol. The number of fused-ring (bicyclic) bond motifs is 1. The van der Waals surface area contributed by atoms with Gasteiger partial charge in [-0.2, -0.15) is 13.2 Å². The SMILES string of the molecule is C=S1C(=O)NC(=O)C1c1cccc2c1ccn2Cc1cccc(C(F)(F)F)c1. The van der Waals surface area contributed by atoms with Crippen LogP contribution in [0, 0.1) is 0 Å². The molecule has 28 heavy (non-hydrogen) atoms. The van der Waals surface area contributed by atoms with E-state index >= 15 is 0 Å². The second-order valence-electron chi connectivity index (χ2n) is 6.51. The normalized spacial score (nSPS) is 20.0. The minimum atomic E-state index is -4.39.